The Morgan fingerprint density at radius 3 is 2.65 bits per heavy atom. The summed E-state index contributed by atoms with van der Waals surface area (Å²) in [7, 11) is 3.29. The zero-order chi connectivity index (χ0) is 14.4. The minimum Gasteiger partial charge on any atom is -0.493 e. The Balaban J connectivity index is 2.24. The molecule has 0 amide bonds. The van der Waals surface area contributed by atoms with Crippen molar-refractivity contribution in [2.75, 3.05) is 20.8 Å². The molecule has 0 aliphatic rings. The molecule has 5 heteroatoms. The van der Waals surface area contributed by atoms with Crippen LogP contribution in [-0.2, 0) is 6.54 Å². The van der Waals surface area contributed by atoms with Crippen LogP contribution in [0, 0.1) is 0 Å². The van der Waals surface area contributed by atoms with Crippen molar-refractivity contribution >= 4 is 0 Å². The van der Waals surface area contributed by atoms with E-state index >= 15 is 0 Å². The van der Waals surface area contributed by atoms with E-state index in [0.717, 1.165) is 30.2 Å². The molecule has 5 nitrogen and oxygen atoms in total. The van der Waals surface area contributed by atoms with Crippen LogP contribution in [0.25, 0.3) is 0 Å². The first-order valence-electron chi connectivity index (χ1n) is 6.71. The number of likely N-dealkylation sites (N-methyl/N-ethyl adjacent to an activating group) is 1. The highest BCUT2D eigenvalue weighted by atomic mass is 16.5. The predicted molar refractivity (Wildman–Crippen MR) is 78.2 cm³/mol. The van der Waals surface area contributed by atoms with Crippen LogP contribution in [0.5, 0.6) is 11.5 Å². The molecule has 2 aromatic rings. The fraction of sp³-hybridized carbons (Fsp3) is 0.400. The lowest BCUT2D eigenvalue weighted by atomic mass is 10.1. The summed E-state index contributed by atoms with van der Waals surface area (Å²) in [5.74, 6) is 1.49. The molecule has 0 aliphatic heterocycles. The standard InChI is InChI=1S/C15H21N3O2/c1-4-16-13(11-18-9-5-8-17-18)12-6-7-14(19-2)15(10-12)20-3/h5-10,13,16H,4,11H2,1-3H3. The maximum atomic E-state index is 5.37. The summed E-state index contributed by atoms with van der Waals surface area (Å²) in [6, 6.07) is 8.10. The smallest absolute Gasteiger partial charge is 0.161 e. The normalized spacial score (nSPS) is 12.2. The summed E-state index contributed by atoms with van der Waals surface area (Å²) in [5, 5.41) is 7.73. The Labute approximate surface area is 119 Å². The first-order valence-corrected chi connectivity index (χ1v) is 6.71. The second-order valence-corrected chi connectivity index (χ2v) is 4.45. The number of nitrogens with zero attached hydrogens (tertiary/aromatic N) is 2. The molecule has 2 rings (SSSR count). The van der Waals surface area contributed by atoms with Crippen molar-refractivity contribution in [3.8, 4) is 11.5 Å². The number of hydrogen-bond donors (Lipinski definition) is 1. The van der Waals surface area contributed by atoms with Gasteiger partial charge in [-0.2, -0.15) is 5.10 Å². The molecule has 1 unspecified atom stereocenters. The van der Waals surface area contributed by atoms with Gasteiger partial charge in [0.1, 0.15) is 0 Å². The molecule has 1 aromatic heterocycles. The van der Waals surface area contributed by atoms with Gasteiger partial charge in [-0.25, -0.2) is 0 Å². The number of nitrogens with one attached hydrogen (secondary N) is 1. The van der Waals surface area contributed by atoms with Crippen LogP contribution < -0.4 is 14.8 Å². The van der Waals surface area contributed by atoms with Gasteiger partial charge in [0.25, 0.3) is 0 Å². The van der Waals surface area contributed by atoms with E-state index in [1.54, 1.807) is 20.4 Å². The zero-order valence-electron chi connectivity index (χ0n) is 12.2. The molecule has 0 saturated heterocycles. The molecule has 108 valence electrons. The van der Waals surface area contributed by atoms with E-state index in [9.17, 15) is 0 Å². The lowest BCUT2D eigenvalue weighted by molar-refractivity contribution is 0.353. The van der Waals surface area contributed by atoms with Crippen LogP contribution in [0.2, 0.25) is 0 Å². The summed E-state index contributed by atoms with van der Waals surface area (Å²) in [5.41, 5.74) is 1.15. The minimum absolute atomic E-state index is 0.180. The second-order valence-electron chi connectivity index (χ2n) is 4.45. The molecule has 0 spiro atoms. The van der Waals surface area contributed by atoms with Gasteiger partial charge in [0, 0.05) is 12.4 Å². The van der Waals surface area contributed by atoms with E-state index in [-0.39, 0.29) is 6.04 Å². The molecule has 0 bridgehead atoms. The van der Waals surface area contributed by atoms with Crippen molar-refractivity contribution < 1.29 is 9.47 Å². The number of aromatic nitrogens is 2. The minimum atomic E-state index is 0.180. The third-order valence-corrected chi connectivity index (χ3v) is 3.19. The van der Waals surface area contributed by atoms with Crippen LogP contribution in [0.3, 0.4) is 0 Å². The molecule has 0 saturated carbocycles. The Bertz CT molecular complexity index is 526. The van der Waals surface area contributed by atoms with E-state index < -0.39 is 0 Å². The third-order valence-electron chi connectivity index (χ3n) is 3.19. The maximum Gasteiger partial charge on any atom is 0.161 e. The molecule has 20 heavy (non-hydrogen) atoms. The predicted octanol–water partition coefficient (Wildman–Crippen LogP) is 2.25. The SMILES string of the molecule is CCNC(Cn1cccn1)c1ccc(OC)c(OC)c1. The molecular weight excluding hydrogens is 254 g/mol. The van der Waals surface area contributed by atoms with Crippen molar-refractivity contribution in [3.63, 3.8) is 0 Å². The summed E-state index contributed by atoms with van der Waals surface area (Å²) in [4.78, 5) is 0. The van der Waals surface area contributed by atoms with Crippen LogP contribution >= 0.6 is 0 Å². The van der Waals surface area contributed by atoms with E-state index in [1.165, 1.54) is 0 Å². The molecular formula is C15H21N3O2. The number of benzene rings is 1. The lowest BCUT2D eigenvalue weighted by Crippen LogP contribution is -2.25. The van der Waals surface area contributed by atoms with Crippen LogP contribution in [0.15, 0.2) is 36.7 Å². The Morgan fingerprint density at radius 1 is 1.25 bits per heavy atom. The van der Waals surface area contributed by atoms with Gasteiger partial charge in [-0.3, -0.25) is 4.68 Å². The summed E-state index contributed by atoms with van der Waals surface area (Å²) >= 11 is 0. The van der Waals surface area contributed by atoms with Crippen LogP contribution in [0.4, 0.5) is 0 Å². The van der Waals surface area contributed by atoms with E-state index in [2.05, 4.69) is 23.4 Å². The van der Waals surface area contributed by atoms with Gasteiger partial charge in [-0.05, 0) is 30.3 Å². The van der Waals surface area contributed by atoms with Gasteiger partial charge < -0.3 is 14.8 Å². The second kappa shape index (κ2) is 6.96. The fourth-order valence-corrected chi connectivity index (χ4v) is 2.20. The number of hydrogen-bond acceptors (Lipinski definition) is 4. The number of rotatable bonds is 7. The van der Waals surface area contributed by atoms with Crippen molar-refractivity contribution in [2.45, 2.75) is 19.5 Å². The summed E-state index contributed by atoms with van der Waals surface area (Å²) in [6.45, 7) is 3.76. The Morgan fingerprint density at radius 2 is 2.05 bits per heavy atom. The maximum absolute atomic E-state index is 5.37. The number of ether oxygens (including phenoxy) is 2. The average Bonchev–Trinajstić information content (AvgIpc) is 2.99. The summed E-state index contributed by atoms with van der Waals surface area (Å²) < 4.78 is 12.6. The first kappa shape index (κ1) is 14.4. The van der Waals surface area contributed by atoms with E-state index in [1.807, 2.05) is 29.1 Å². The van der Waals surface area contributed by atoms with Gasteiger partial charge in [0.2, 0.25) is 0 Å². The van der Waals surface area contributed by atoms with Gasteiger partial charge in [0.05, 0.1) is 26.8 Å². The van der Waals surface area contributed by atoms with Gasteiger partial charge >= 0.3 is 0 Å². The van der Waals surface area contributed by atoms with Crippen molar-refractivity contribution in [1.29, 1.82) is 0 Å². The largest absolute Gasteiger partial charge is 0.493 e. The van der Waals surface area contributed by atoms with Gasteiger partial charge in [-0.1, -0.05) is 13.0 Å². The van der Waals surface area contributed by atoms with Gasteiger partial charge in [-0.15, -0.1) is 0 Å². The molecule has 1 heterocycles. The molecule has 0 aliphatic carbocycles. The highest BCUT2D eigenvalue weighted by molar-refractivity contribution is 5.43. The van der Waals surface area contributed by atoms with Crippen LogP contribution in [-0.4, -0.2) is 30.5 Å². The molecule has 1 aromatic carbocycles. The average molecular weight is 275 g/mol. The monoisotopic (exact) mass is 275 g/mol. The van der Waals surface area contributed by atoms with Gasteiger partial charge in [0.15, 0.2) is 11.5 Å². The zero-order valence-corrected chi connectivity index (χ0v) is 12.2. The fourth-order valence-electron chi connectivity index (χ4n) is 2.20. The van der Waals surface area contributed by atoms with E-state index in [0.29, 0.717) is 0 Å². The Hall–Kier alpha value is -2.01. The highest BCUT2D eigenvalue weighted by Gasteiger charge is 2.14. The molecule has 1 atom stereocenters. The van der Waals surface area contributed by atoms with Crippen LogP contribution in [0.1, 0.15) is 18.5 Å². The topological polar surface area (TPSA) is 48.3 Å². The molecule has 0 fully saturated rings. The highest BCUT2D eigenvalue weighted by Crippen LogP contribution is 2.30. The number of methoxy groups -OCH3 is 2. The molecule has 1 N–H and O–H groups in total. The van der Waals surface area contributed by atoms with E-state index in [4.69, 9.17) is 9.47 Å². The Kier molecular flexibility index (Phi) is 5.01. The lowest BCUT2D eigenvalue weighted by Gasteiger charge is -2.20. The third kappa shape index (κ3) is 3.30. The first-order chi connectivity index (χ1) is 9.78. The van der Waals surface area contributed by atoms with Crippen molar-refractivity contribution in [1.82, 2.24) is 15.1 Å². The molecule has 0 radical (unpaired) electrons. The van der Waals surface area contributed by atoms with Crippen molar-refractivity contribution in [3.05, 3.63) is 42.2 Å². The summed E-state index contributed by atoms with van der Waals surface area (Å²) in [6.07, 6.45) is 3.75. The van der Waals surface area contributed by atoms with Crippen molar-refractivity contribution in [2.24, 2.45) is 0 Å². The quantitative estimate of drug-likeness (QED) is 0.842.